The predicted octanol–water partition coefficient (Wildman–Crippen LogP) is 1.79. The maximum absolute atomic E-state index is 12.5. The summed E-state index contributed by atoms with van der Waals surface area (Å²) in [5, 5.41) is 0. The standard InChI is InChI=1S/C22H18N2O6/c25-18-9-4-10-23(18)19(26)13-30-22(29)15-6-3-5-14(11-15)12-24-20(27)16-7-1-2-8-17(16)21(24)28/h1-3,5-8,11H,4,9-10,12-13H2. The Balaban J connectivity index is 1.41. The average Bonchev–Trinajstić information content (AvgIpc) is 3.29. The molecule has 2 heterocycles. The summed E-state index contributed by atoms with van der Waals surface area (Å²) < 4.78 is 5.04. The highest BCUT2D eigenvalue weighted by Crippen LogP contribution is 2.24. The minimum Gasteiger partial charge on any atom is -0.452 e. The number of hydrogen-bond donors (Lipinski definition) is 0. The third kappa shape index (κ3) is 3.59. The van der Waals surface area contributed by atoms with Crippen molar-refractivity contribution in [1.82, 2.24) is 9.80 Å². The van der Waals surface area contributed by atoms with E-state index in [-0.39, 0.29) is 29.8 Å². The zero-order chi connectivity index (χ0) is 21.3. The van der Waals surface area contributed by atoms with E-state index >= 15 is 0 Å². The second-order valence-corrected chi connectivity index (χ2v) is 7.06. The number of amides is 4. The largest absolute Gasteiger partial charge is 0.452 e. The zero-order valence-electron chi connectivity index (χ0n) is 16.0. The smallest absolute Gasteiger partial charge is 0.338 e. The van der Waals surface area contributed by atoms with Gasteiger partial charge in [0.1, 0.15) is 0 Å². The summed E-state index contributed by atoms with van der Waals surface area (Å²) in [7, 11) is 0. The molecule has 2 aliphatic heterocycles. The molecule has 4 rings (SSSR count). The van der Waals surface area contributed by atoms with Crippen LogP contribution in [0.5, 0.6) is 0 Å². The van der Waals surface area contributed by atoms with Crippen LogP contribution in [0.4, 0.5) is 0 Å². The summed E-state index contributed by atoms with van der Waals surface area (Å²) >= 11 is 0. The summed E-state index contributed by atoms with van der Waals surface area (Å²) in [6.45, 7) is -0.174. The van der Waals surface area contributed by atoms with Crippen molar-refractivity contribution in [3.8, 4) is 0 Å². The number of likely N-dealkylation sites (tertiary alicyclic amines) is 1. The first kappa shape index (κ1) is 19.5. The van der Waals surface area contributed by atoms with E-state index < -0.39 is 18.5 Å². The SMILES string of the molecule is O=C(OCC(=O)N1CCCC1=O)c1cccc(CN2C(=O)c3ccccc3C2=O)c1. The molecule has 0 unspecified atom stereocenters. The Bertz CT molecular complexity index is 1040. The predicted molar refractivity (Wildman–Crippen MR) is 103 cm³/mol. The van der Waals surface area contributed by atoms with Crippen LogP contribution in [-0.2, 0) is 20.9 Å². The van der Waals surface area contributed by atoms with Gasteiger partial charge in [0.05, 0.1) is 23.2 Å². The molecule has 2 aromatic carbocycles. The van der Waals surface area contributed by atoms with Gasteiger partial charge < -0.3 is 4.74 Å². The van der Waals surface area contributed by atoms with Crippen molar-refractivity contribution in [2.24, 2.45) is 0 Å². The minimum absolute atomic E-state index is 0.00861. The third-order valence-corrected chi connectivity index (χ3v) is 5.08. The molecule has 30 heavy (non-hydrogen) atoms. The number of imide groups is 2. The Hall–Kier alpha value is -3.81. The average molecular weight is 406 g/mol. The molecule has 0 saturated carbocycles. The number of benzene rings is 2. The molecule has 2 aromatic rings. The molecule has 0 bridgehead atoms. The van der Waals surface area contributed by atoms with E-state index in [1.165, 1.54) is 12.1 Å². The Morgan fingerprint density at radius 2 is 1.63 bits per heavy atom. The number of esters is 1. The molecule has 2 aliphatic rings. The zero-order valence-corrected chi connectivity index (χ0v) is 16.0. The van der Waals surface area contributed by atoms with Gasteiger partial charge in [0, 0.05) is 13.0 Å². The van der Waals surface area contributed by atoms with Gasteiger partial charge in [-0.1, -0.05) is 24.3 Å². The fraction of sp³-hybridized carbons (Fsp3) is 0.227. The minimum atomic E-state index is -0.723. The Morgan fingerprint density at radius 1 is 0.933 bits per heavy atom. The monoisotopic (exact) mass is 406 g/mol. The molecular formula is C22H18N2O6. The van der Waals surface area contributed by atoms with Gasteiger partial charge in [-0.3, -0.25) is 29.0 Å². The van der Waals surface area contributed by atoms with Gasteiger partial charge in [-0.2, -0.15) is 0 Å². The van der Waals surface area contributed by atoms with Gasteiger partial charge >= 0.3 is 5.97 Å². The number of carbonyl (C=O) groups is 5. The number of nitrogens with zero attached hydrogens (tertiary/aromatic N) is 2. The van der Waals surface area contributed by atoms with Crippen LogP contribution in [0.15, 0.2) is 48.5 Å². The number of hydrogen-bond acceptors (Lipinski definition) is 6. The molecule has 0 spiro atoms. The lowest BCUT2D eigenvalue weighted by Crippen LogP contribution is -2.35. The van der Waals surface area contributed by atoms with Crippen molar-refractivity contribution in [2.75, 3.05) is 13.2 Å². The number of ether oxygens (including phenoxy) is 1. The lowest BCUT2D eigenvalue weighted by Gasteiger charge is -2.15. The number of fused-ring (bicyclic) bond motifs is 1. The van der Waals surface area contributed by atoms with Gasteiger partial charge in [-0.25, -0.2) is 4.79 Å². The van der Waals surface area contributed by atoms with E-state index in [1.807, 2.05) is 0 Å². The summed E-state index contributed by atoms with van der Waals surface area (Å²) in [4.78, 5) is 63.1. The lowest BCUT2D eigenvalue weighted by atomic mass is 10.1. The van der Waals surface area contributed by atoms with E-state index in [0.29, 0.717) is 36.1 Å². The van der Waals surface area contributed by atoms with Crippen molar-refractivity contribution in [3.05, 3.63) is 70.8 Å². The molecule has 0 radical (unpaired) electrons. The normalized spacial score (nSPS) is 15.5. The van der Waals surface area contributed by atoms with Crippen LogP contribution in [-0.4, -0.2) is 52.5 Å². The Kier molecular flexibility index (Phi) is 5.14. The van der Waals surface area contributed by atoms with Crippen molar-refractivity contribution in [3.63, 3.8) is 0 Å². The van der Waals surface area contributed by atoms with Gasteiger partial charge in [-0.05, 0) is 36.2 Å². The molecular weight excluding hydrogens is 388 g/mol. The topological polar surface area (TPSA) is 101 Å². The van der Waals surface area contributed by atoms with Gasteiger partial charge in [0.25, 0.3) is 17.7 Å². The molecule has 1 saturated heterocycles. The fourth-order valence-corrected chi connectivity index (χ4v) is 3.56. The van der Waals surface area contributed by atoms with Crippen LogP contribution in [0.25, 0.3) is 0 Å². The van der Waals surface area contributed by atoms with Crippen LogP contribution >= 0.6 is 0 Å². The van der Waals surface area contributed by atoms with E-state index in [9.17, 15) is 24.0 Å². The molecule has 4 amide bonds. The first-order valence-corrected chi connectivity index (χ1v) is 9.50. The number of carbonyl (C=O) groups excluding carboxylic acids is 5. The van der Waals surface area contributed by atoms with E-state index in [2.05, 4.69) is 0 Å². The summed E-state index contributed by atoms with van der Waals surface area (Å²) in [5.41, 5.74) is 1.46. The summed E-state index contributed by atoms with van der Waals surface area (Å²) in [5.74, 6) is -2.31. The first-order valence-electron chi connectivity index (χ1n) is 9.50. The molecule has 0 atom stereocenters. The maximum atomic E-state index is 12.5. The van der Waals surface area contributed by atoms with E-state index in [4.69, 9.17) is 4.74 Å². The van der Waals surface area contributed by atoms with Gasteiger partial charge in [-0.15, -0.1) is 0 Å². The molecule has 152 valence electrons. The second kappa shape index (κ2) is 7.90. The van der Waals surface area contributed by atoms with Crippen molar-refractivity contribution < 1.29 is 28.7 Å². The fourth-order valence-electron chi connectivity index (χ4n) is 3.56. The van der Waals surface area contributed by atoms with Crippen LogP contribution < -0.4 is 0 Å². The van der Waals surface area contributed by atoms with Crippen LogP contribution in [0.3, 0.4) is 0 Å². The molecule has 8 nitrogen and oxygen atoms in total. The number of rotatable bonds is 5. The van der Waals surface area contributed by atoms with Crippen molar-refractivity contribution in [2.45, 2.75) is 19.4 Å². The molecule has 0 N–H and O–H groups in total. The first-order chi connectivity index (χ1) is 14.5. The van der Waals surface area contributed by atoms with Crippen LogP contribution in [0.1, 0.15) is 49.5 Å². The molecule has 0 aromatic heterocycles. The quantitative estimate of drug-likeness (QED) is 0.554. The molecule has 1 fully saturated rings. The van der Waals surface area contributed by atoms with Crippen LogP contribution in [0, 0.1) is 0 Å². The highest BCUT2D eigenvalue weighted by molar-refractivity contribution is 6.21. The lowest BCUT2D eigenvalue weighted by molar-refractivity contribution is -0.143. The van der Waals surface area contributed by atoms with Crippen molar-refractivity contribution in [1.29, 1.82) is 0 Å². The van der Waals surface area contributed by atoms with Crippen molar-refractivity contribution >= 4 is 29.6 Å². The highest BCUT2D eigenvalue weighted by atomic mass is 16.5. The van der Waals surface area contributed by atoms with Gasteiger partial charge in [0.15, 0.2) is 6.61 Å². The second-order valence-electron chi connectivity index (χ2n) is 7.06. The third-order valence-electron chi connectivity index (χ3n) is 5.08. The Labute approximate surface area is 172 Å². The molecule has 0 aliphatic carbocycles. The van der Waals surface area contributed by atoms with E-state index in [0.717, 1.165) is 9.80 Å². The highest BCUT2D eigenvalue weighted by Gasteiger charge is 2.35. The Morgan fingerprint density at radius 3 is 2.27 bits per heavy atom. The summed E-state index contributed by atoms with van der Waals surface area (Å²) in [6.07, 6.45) is 0.928. The summed E-state index contributed by atoms with van der Waals surface area (Å²) in [6, 6.07) is 12.9. The molecule has 8 heteroatoms. The van der Waals surface area contributed by atoms with Crippen LogP contribution in [0.2, 0.25) is 0 Å². The maximum Gasteiger partial charge on any atom is 0.338 e. The van der Waals surface area contributed by atoms with E-state index in [1.54, 1.807) is 36.4 Å². The van der Waals surface area contributed by atoms with Gasteiger partial charge in [0.2, 0.25) is 5.91 Å².